The lowest BCUT2D eigenvalue weighted by Crippen LogP contribution is -2.14. The number of rotatable bonds is 2. The maximum atomic E-state index is 13.2. The molecule has 1 aromatic rings. The fourth-order valence-corrected chi connectivity index (χ4v) is 1.85. The number of benzene rings is 1. The predicted molar refractivity (Wildman–Crippen MR) is 49.1 cm³/mol. The van der Waals surface area contributed by atoms with Crippen LogP contribution in [0.3, 0.4) is 0 Å². The van der Waals surface area contributed by atoms with Gasteiger partial charge in [0.15, 0.2) is 0 Å². The lowest BCUT2D eigenvalue weighted by molar-refractivity contribution is 0.254. The van der Waals surface area contributed by atoms with Crippen molar-refractivity contribution >= 4 is 0 Å². The van der Waals surface area contributed by atoms with E-state index in [2.05, 4.69) is 0 Å². The fraction of sp³-hybridized carbons (Fsp3) is 0.455. The van der Waals surface area contributed by atoms with Crippen LogP contribution in [0.15, 0.2) is 18.2 Å². The molecule has 2 heteroatoms. The summed E-state index contributed by atoms with van der Waals surface area (Å²) in [4.78, 5) is 0. The Bertz CT molecular complexity index is 329. The van der Waals surface area contributed by atoms with Crippen molar-refractivity contribution in [2.24, 2.45) is 0 Å². The molecule has 0 bridgehead atoms. The molecule has 0 aliphatic heterocycles. The van der Waals surface area contributed by atoms with Gasteiger partial charge in [-0.3, -0.25) is 0 Å². The third-order valence-electron chi connectivity index (χ3n) is 3.00. The summed E-state index contributed by atoms with van der Waals surface area (Å²) in [6.07, 6.45) is 1.96. The highest BCUT2D eigenvalue weighted by Gasteiger charge is 2.44. The highest BCUT2D eigenvalue weighted by molar-refractivity contribution is 5.38. The number of halogens is 1. The summed E-state index contributed by atoms with van der Waals surface area (Å²) in [5, 5.41) is 9.20. The van der Waals surface area contributed by atoms with Gasteiger partial charge < -0.3 is 5.11 Å². The van der Waals surface area contributed by atoms with Crippen LogP contribution in [0.4, 0.5) is 4.39 Å². The molecule has 0 radical (unpaired) electrons. The topological polar surface area (TPSA) is 20.2 Å². The quantitative estimate of drug-likeness (QED) is 0.739. The largest absolute Gasteiger partial charge is 0.395 e. The Morgan fingerprint density at radius 1 is 1.46 bits per heavy atom. The smallest absolute Gasteiger partial charge is 0.126 e. The standard InChI is InChI=1S/C11H13FO/c1-8-9(3-2-4-10(8)12)11(7-13)5-6-11/h2-4,13H,5-7H2,1H3. The van der Waals surface area contributed by atoms with Crippen molar-refractivity contribution in [2.45, 2.75) is 25.2 Å². The lowest BCUT2D eigenvalue weighted by atomic mass is 9.92. The molecule has 0 amide bonds. The molecule has 0 atom stereocenters. The molecule has 1 N–H and O–H groups in total. The number of aliphatic hydroxyl groups excluding tert-OH is 1. The minimum atomic E-state index is -0.169. The van der Waals surface area contributed by atoms with Gasteiger partial charge in [-0.15, -0.1) is 0 Å². The van der Waals surface area contributed by atoms with Crippen molar-refractivity contribution in [3.8, 4) is 0 Å². The Balaban J connectivity index is 2.46. The van der Waals surface area contributed by atoms with Gasteiger partial charge in [0.1, 0.15) is 5.82 Å². The molecule has 1 aliphatic carbocycles. The van der Waals surface area contributed by atoms with Crippen molar-refractivity contribution in [2.75, 3.05) is 6.61 Å². The summed E-state index contributed by atoms with van der Waals surface area (Å²) in [6, 6.07) is 5.10. The Labute approximate surface area is 77.2 Å². The molecular formula is C11H13FO. The molecule has 1 nitrogen and oxygen atoms in total. The van der Waals surface area contributed by atoms with Crippen LogP contribution in [-0.4, -0.2) is 11.7 Å². The highest BCUT2D eigenvalue weighted by Crippen LogP contribution is 2.48. The van der Waals surface area contributed by atoms with E-state index in [1.165, 1.54) is 6.07 Å². The van der Waals surface area contributed by atoms with Gasteiger partial charge in [-0.05, 0) is 37.0 Å². The Hall–Kier alpha value is -0.890. The average Bonchev–Trinajstić information content (AvgIpc) is 2.90. The first-order chi connectivity index (χ1) is 6.19. The predicted octanol–water partition coefficient (Wildman–Crippen LogP) is 2.16. The molecule has 0 saturated heterocycles. The lowest BCUT2D eigenvalue weighted by Gasteiger charge is -2.15. The third kappa shape index (κ3) is 1.25. The van der Waals surface area contributed by atoms with Gasteiger partial charge in [0.2, 0.25) is 0 Å². The normalized spacial score (nSPS) is 18.7. The SMILES string of the molecule is Cc1c(F)cccc1C1(CO)CC1. The molecule has 1 saturated carbocycles. The van der Waals surface area contributed by atoms with E-state index in [1.807, 2.05) is 6.07 Å². The van der Waals surface area contributed by atoms with Gasteiger partial charge in [-0.1, -0.05) is 12.1 Å². The molecule has 1 fully saturated rings. The third-order valence-corrected chi connectivity index (χ3v) is 3.00. The van der Waals surface area contributed by atoms with Crippen molar-refractivity contribution in [3.63, 3.8) is 0 Å². The minimum Gasteiger partial charge on any atom is -0.395 e. The molecule has 2 rings (SSSR count). The monoisotopic (exact) mass is 180 g/mol. The van der Waals surface area contributed by atoms with E-state index < -0.39 is 0 Å². The number of aliphatic hydroxyl groups is 1. The van der Waals surface area contributed by atoms with Gasteiger partial charge in [0.25, 0.3) is 0 Å². The zero-order valence-electron chi connectivity index (χ0n) is 7.68. The molecule has 13 heavy (non-hydrogen) atoms. The van der Waals surface area contributed by atoms with Gasteiger partial charge in [-0.25, -0.2) is 4.39 Å². The first-order valence-electron chi connectivity index (χ1n) is 4.56. The van der Waals surface area contributed by atoms with Crippen LogP contribution in [0.2, 0.25) is 0 Å². The van der Waals surface area contributed by atoms with Crippen molar-refractivity contribution in [3.05, 3.63) is 35.1 Å². The van der Waals surface area contributed by atoms with Crippen molar-refractivity contribution in [1.29, 1.82) is 0 Å². The Morgan fingerprint density at radius 2 is 2.15 bits per heavy atom. The van der Waals surface area contributed by atoms with Crippen LogP contribution in [0.5, 0.6) is 0 Å². The average molecular weight is 180 g/mol. The molecule has 0 spiro atoms. The van der Waals surface area contributed by atoms with Crippen molar-refractivity contribution in [1.82, 2.24) is 0 Å². The molecular weight excluding hydrogens is 167 g/mol. The van der Waals surface area contributed by atoms with E-state index >= 15 is 0 Å². The van der Waals surface area contributed by atoms with Crippen molar-refractivity contribution < 1.29 is 9.50 Å². The van der Waals surface area contributed by atoms with Gasteiger partial charge in [-0.2, -0.15) is 0 Å². The molecule has 0 unspecified atom stereocenters. The van der Waals surface area contributed by atoms with E-state index in [0.717, 1.165) is 18.4 Å². The molecule has 70 valence electrons. The fourth-order valence-electron chi connectivity index (χ4n) is 1.85. The van der Waals surface area contributed by atoms with E-state index in [9.17, 15) is 9.50 Å². The molecule has 1 aromatic carbocycles. The van der Waals surface area contributed by atoms with Gasteiger partial charge in [0.05, 0.1) is 6.61 Å². The maximum absolute atomic E-state index is 13.2. The van der Waals surface area contributed by atoms with E-state index in [4.69, 9.17) is 0 Å². The Kier molecular flexibility index (Phi) is 1.88. The molecule has 0 aromatic heterocycles. The summed E-state index contributed by atoms with van der Waals surface area (Å²) in [6.45, 7) is 1.91. The van der Waals surface area contributed by atoms with Crippen LogP contribution >= 0.6 is 0 Å². The maximum Gasteiger partial charge on any atom is 0.126 e. The van der Waals surface area contributed by atoms with E-state index in [-0.39, 0.29) is 17.8 Å². The van der Waals surface area contributed by atoms with E-state index in [1.54, 1.807) is 13.0 Å². The van der Waals surface area contributed by atoms with Gasteiger partial charge >= 0.3 is 0 Å². The van der Waals surface area contributed by atoms with Crippen LogP contribution in [0, 0.1) is 12.7 Å². The summed E-state index contributed by atoms with van der Waals surface area (Å²) in [5.41, 5.74) is 1.55. The second-order valence-electron chi connectivity index (χ2n) is 3.85. The molecule has 1 aliphatic rings. The van der Waals surface area contributed by atoms with Crippen LogP contribution < -0.4 is 0 Å². The summed E-state index contributed by atoms with van der Waals surface area (Å²) >= 11 is 0. The highest BCUT2D eigenvalue weighted by atomic mass is 19.1. The number of hydrogen-bond donors (Lipinski definition) is 1. The van der Waals surface area contributed by atoms with Gasteiger partial charge in [0, 0.05) is 5.41 Å². The molecule has 0 heterocycles. The summed E-state index contributed by atoms with van der Waals surface area (Å²) in [7, 11) is 0. The summed E-state index contributed by atoms with van der Waals surface area (Å²) in [5.74, 6) is -0.169. The first kappa shape index (κ1) is 8.70. The second kappa shape index (κ2) is 2.81. The zero-order valence-corrected chi connectivity index (χ0v) is 7.68. The second-order valence-corrected chi connectivity index (χ2v) is 3.85. The number of hydrogen-bond acceptors (Lipinski definition) is 1. The Morgan fingerprint density at radius 3 is 2.69 bits per heavy atom. The zero-order chi connectivity index (χ0) is 9.47. The van der Waals surface area contributed by atoms with Crippen LogP contribution in [0.25, 0.3) is 0 Å². The first-order valence-corrected chi connectivity index (χ1v) is 4.56. The van der Waals surface area contributed by atoms with E-state index in [0.29, 0.717) is 5.56 Å². The van der Waals surface area contributed by atoms with Crippen LogP contribution in [0.1, 0.15) is 24.0 Å². The minimum absolute atomic E-state index is 0.119. The van der Waals surface area contributed by atoms with Crippen LogP contribution in [-0.2, 0) is 5.41 Å². The summed E-state index contributed by atoms with van der Waals surface area (Å²) < 4.78 is 13.2.